The van der Waals surface area contributed by atoms with Crippen LogP contribution < -0.4 is 0 Å². The molecule has 0 bridgehead atoms. The van der Waals surface area contributed by atoms with Crippen molar-refractivity contribution in [2.24, 2.45) is 0 Å². The van der Waals surface area contributed by atoms with Crippen LogP contribution >= 0.6 is 11.3 Å². The Balaban J connectivity index is 1.06. The second kappa shape index (κ2) is 11.0. The molecule has 7 aromatic carbocycles. The fourth-order valence-corrected chi connectivity index (χ4v) is 9.38. The summed E-state index contributed by atoms with van der Waals surface area (Å²) < 4.78 is 7.41. The number of fused-ring (bicyclic) bond motifs is 9. The molecule has 3 nitrogen and oxygen atoms in total. The van der Waals surface area contributed by atoms with E-state index in [0.29, 0.717) is 0 Å². The third kappa shape index (κ3) is 4.27. The second-order valence-corrected chi connectivity index (χ2v) is 14.3. The Kier molecular flexibility index (Phi) is 6.12. The lowest BCUT2D eigenvalue weighted by atomic mass is 9.97. The van der Waals surface area contributed by atoms with Crippen LogP contribution in [-0.2, 0) is 0 Å². The molecule has 0 N–H and O–H groups in total. The molecule has 0 aliphatic rings. The van der Waals surface area contributed by atoms with Crippen LogP contribution in [0.3, 0.4) is 0 Å². The largest absolute Gasteiger partial charge is 0.309 e. The van der Waals surface area contributed by atoms with Crippen molar-refractivity contribution < 1.29 is 0 Å². The zero-order chi connectivity index (χ0) is 33.5. The third-order valence-corrected chi connectivity index (χ3v) is 11.6. The number of benzene rings is 7. The summed E-state index contributed by atoms with van der Waals surface area (Å²) in [6.45, 7) is 0. The van der Waals surface area contributed by atoms with Crippen LogP contribution in [0, 0.1) is 0 Å². The van der Waals surface area contributed by atoms with Gasteiger partial charge in [-0.05, 0) is 82.9 Å². The average Bonchev–Trinajstić information content (AvgIpc) is 3.86. The van der Waals surface area contributed by atoms with Gasteiger partial charge in [-0.15, -0.1) is 11.3 Å². The molecule has 0 aliphatic heterocycles. The molecule has 0 radical (unpaired) electrons. The van der Waals surface area contributed by atoms with Crippen LogP contribution in [0.1, 0.15) is 0 Å². The highest BCUT2D eigenvalue weighted by atomic mass is 32.1. The highest BCUT2D eigenvalue weighted by Gasteiger charge is 2.17. The maximum absolute atomic E-state index is 4.59. The van der Waals surface area contributed by atoms with Crippen LogP contribution in [0.4, 0.5) is 0 Å². The van der Waals surface area contributed by atoms with Gasteiger partial charge in [0.15, 0.2) is 0 Å². The van der Waals surface area contributed by atoms with E-state index in [1.165, 1.54) is 75.0 Å². The van der Waals surface area contributed by atoms with Crippen molar-refractivity contribution in [3.05, 3.63) is 176 Å². The molecule has 0 spiro atoms. The summed E-state index contributed by atoms with van der Waals surface area (Å²) >= 11 is 1.88. The summed E-state index contributed by atoms with van der Waals surface area (Å²) in [5.41, 5.74) is 11.8. The van der Waals surface area contributed by atoms with Crippen LogP contribution in [-0.4, -0.2) is 14.1 Å². The molecule has 0 fully saturated rings. The molecule has 238 valence electrons. The fraction of sp³-hybridized carbons (Fsp3) is 0. The molecule has 0 unspecified atom stereocenters. The topological polar surface area (TPSA) is 22.8 Å². The Labute approximate surface area is 297 Å². The van der Waals surface area contributed by atoms with Crippen LogP contribution in [0.2, 0.25) is 0 Å². The first-order valence-electron chi connectivity index (χ1n) is 17.3. The van der Waals surface area contributed by atoms with Gasteiger partial charge in [-0.1, -0.05) is 103 Å². The predicted octanol–water partition coefficient (Wildman–Crippen LogP) is 13.0. The van der Waals surface area contributed by atoms with Gasteiger partial charge in [-0.25, -0.2) is 0 Å². The standard InChI is InChI=1S/C47H29N3S/c1-4-19-42-36(14-1)37-15-2-5-20-43(37)49(42)34-22-23-44-41(28-34)38-24-25-48-29-45(38)50(44)33-13-8-11-31(27-33)30-10-7-12-32(26-30)35-17-9-18-40-39-16-3-6-21-46(39)51-47(35)40/h1-29H. The number of hydrogen-bond donors (Lipinski definition) is 0. The van der Waals surface area contributed by atoms with Gasteiger partial charge in [-0.2, -0.15) is 0 Å². The first-order chi connectivity index (χ1) is 25.3. The number of rotatable bonds is 4. The highest BCUT2D eigenvalue weighted by Crippen LogP contribution is 2.41. The molecule has 51 heavy (non-hydrogen) atoms. The summed E-state index contributed by atoms with van der Waals surface area (Å²) in [6, 6.07) is 59.7. The Morgan fingerprint density at radius 1 is 0.392 bits per heavy atom. The molecule has 11 rings (SSSR count). The first kappa shape index (κ1) is 28.4. The highest BCUT2D eigenvalue weighted by molar-refractivity contribution is 7.26. The SMILES string of the molecule is c1cc(-c2cccc(-n3c4ccc(-n5c6ccccc6c6ccccc65)cc4c4ccncc43)c2)cc(-c2cccc3c2sc2ccccc23)c1. The van der Waals surface area contributed by atoms with Gasteiger partial charge in [-0.3, -0.25) is 4.98 Å². The molecule has 4 heterocycles. The van der Waals surface area contributed by atoms with Crippen molar-refractivity contribution >= 4 is 75.1 Å². The molecule has 0 saturated heterocycles. The minimum Gasteiger partial charge on any atom is -0.309 e. The van der Waals surface area contributed by atoms with E-state index >= 15 is 0 Å². The number of para-hydroxylation sites is 2. The van der Waals surface area contributed by atoms with E-state index in [4.69, 9.17) is 0 Å². The van der Waals surface area contributed by atoms with Gasteiger partial charge in [0, 0.05) is 59.3 Å². The van der Waals surface area contributed by atoms with Crippen molar-refractivity contribution in [3.63, 3.8) is 0 Å². The predicted molar refractivity (Wildman–Crippen MR) is 217 cm³/mol. The third-order valence-electron chi connectivity index (χ3n) is 10.4. The normalized spacial score (nSPS) is 11.9. The van der Waals surface area contributed by atoms with Gasteiger partial charge < -0.3 is 9.13 Å². The Morgan fingerprint density at radius 2 is 1.00 bits per heavy atom. The van der Waals surface area contributed by atoms with E-state index < -0.39 is 0 Å². The average molecular weight is 668 g/mol. The monoisotopic (exact) mass is 667 g/mol. The van der Waals surface area contributed by atoms with Crippen molar-refractivity contribution in [2.45, 2.75) is 0 Å². The van der Waals surface area contributed by atoms with E-state index in [2.05, 4.69) is 178 Å². The van der Waals surface area contributed by atoms with Gasteiger partial charge in [0.05, 0.1) is 28.3 Å². The summed E-state index contributed by atoms with van der Waals surface area (Å²) in [5, 5.41) is 7.57. The number of nitrogens with zero attached hydrogens (tertiary/aromatic N) is 3. The maximum atomic E-state index is 4.59. The van der Waals surface area contributed by atoms with Gasteiger partial charge in [0.25, 0.3) is 0 Å². The van der Waals surface area contributed by atoms with Crippen LogP contribution in [0.25, 0.3) is 97.4 Å². The summed E-state index contributed by atoms with van der Waals surface area (Å²) in [6.07, 6.45) is 3.90. The van der Waals surface area contributed by atoms with E-state index in [9.17, 15) is 0 Å². The molecule has 4 aromatic heterocycles. The lowest BCUT2D eigenvalue weighted by molar-refractivity contribution is 1.16. The number of hydrogen-bond acceptors (Lipinski definition) is 2. The fourth-order valence-electron chi connectivity index (χ4n) is 8.14. The van der Waals surface area contributed by atoms with E-state index in [1.807, 2.05) is 23.7 Å². The van der Waals surface area contributed by atoms with E-state index in [1.54, 1.807) is 0 Å². The lowest BCUT2D eigenvalue weighted by Gasteiger charge is -2.12. The van der Waals surface area contributed by atoms with Crippen LogP contribution in [0.15, 0.2) is 176 Å². The number of aromatic nitrogens is 3. The van der Waals surface area contributed by atoms with Crippen molar-refractivity contribution in [1.82, 2.24) is 14.1 Å². The molecular formula is C47H29N3S. The molecule has 0 amide bonds. The molecule has 11 aromatic rings. The van der Waals surface area contributed by atoms with Crippen molar-refractivity contribution in [3.8, 4) is 33.6 Å². The second-order valence-electron chi connectivity index (χ2n) is 13.2. The molecular weight excluding hydrogens is 639 g/mol. The summed E-state index contributed by atoms with van der Waals surface area (Å²) in [7, 11) is 0. The minimum absolute atomic E-state index is 1.09. The Hall–Kier alpha value is -6.49. The van der Waals surface area contributed by atoms with Crippen molar-refractivity contribution in [1.29, 1.82) is 0 Å². The van der Waals surface area contributed by atoms with E-state index in [0.717, 1.165) is 22.4 Å². The maximum Gasteiger partial charge on any atom is 0.0724 e. The Bertz CT molecular complexity index is 3100. The van der Waals surface area contributed by atoms with E-state index in [-0.39, 0.29) is 0 Å². The molecule has 0 saturated carbocycles. The molecule has 4 heteroatoms. The summed E-state index contributed by atoms with van der Waals surface area (Å²) in [5.74, 6) is 0. The van der Waals surface area contributed by atoms with Gasteiger partial charge >= 0.3 is 0 Å². The zero-order valence-corrected chi connectivity index (χ0v) is 28.3. The first-order valence-corrected chi connectivity index (χ1v) is 18.1. The quantitative estimate of drug-likeness (QED) is 0.183. The zero-order valence-electron chi connectivity index (χ0n) is 27.5. The van der Waals surface area contributed by atoms with Crippen LogP contribution in [0.5, 0.6) is 0 Å². The smallest absolute Gasteiger partial charge is 0.0724 e. The minimum atomic E-state index is 1.09. The van der Waals surface area contributed by atoms with Gasteiger partial charge in [0.1, 0.15) is 0 Å². The Morgan fingerprint density at radius 3 is 1.84 bits per heavy atom. The molecule has 0 aliphatic carbocycles. The number of thiophene rings is 1. The molecule has 0 atom stereocenters. The summed E-state index contributed by atoms with van der Waals surface area (Å²) in [4.78, 5) is 4.59. The van der Waals surface area contributed by atoms with Crippen molar-refractivity contribution in [2.75, 3.05) is 0 Å². The number of pyridine rings is 1. The van der Waals surface area contributed by atoms with Gasteiger partial charge in [0.2, 0.25) is 0 Å². The lowest BCUT2D eigenvalue weighted by Crippen LogP contribution is -1.96.